The van der Waals surface area contributed by atoms with Crippen LogP contribution in [0.5, 0.6) is 0 Å². The number of carbonyl (C=O) groups excluding carboxylic acids is 2. The minimum absolute atomic E-state index is 0.288. The van der Waals surface area contributed by atoms with E-state index in [1.54, 1.807) is 6.20 Å². The fourth-order valence-electron chi connectivity index (χ4n) is 2.92. The van der Waals surface area contributed by atoms with Gasteiger partial charge in [-0.25, -0.2) is 10.2 Å². The first kappa shape index (κ1) is 15.4. The SMILES string of the molecule is Cn1cc(C(=O)NNC(=O)N2CCC[C@@H](O)C2)c2ccccc21. The molecule has 1 aromatic heterocycles. The molecule has 0 spiro atoms. The Bertz CT molecular complexity index is 740. The molecular weight excluding hydrogens is 296 g/mol. The minimum atomic E-state index is -0.497. The number of carbonyl (C=O) groups is 2. The molecule has 3 rings (SSSR count). The summed E-state index contributed by atoms with van der Waals surface area (Å²) in [5, 5.41) is 10.4. The van der Waals surface area contributed by atoms with Crippen molar-refractivity contribution < 1.29 is 14.7 Å². The number of urea groups is 1. The van der Waals surface area contributed by atoms with E-state index in [0.717, 1.165) is 17.3 Å². The van der Waals surface area contributed by atoms with E-state index in [4.69, 9.17) is 0 Å². The number of nitrogens with one attached hydrogen (secondary N) is 2. The van der Waals surface area contributed by atoms with Gasteiger partial charge in [0.15, 0.2) is 0 Å². The van der Waals surface area contributed by atoms with Crippen LogP contribution < -0.4 is 10.9 Å². The van der Waals surface area contributed by atoms with Gasteiger partial charge in [-0.3, -0.25) is 10.2 Å². The van der Waals surface area contributed by atoms with Crippen LogP contribution in [0.1, 0.15) is 23.2 Å². The second kappa shape index (κ2) is 6.29. The Kier molecular flexibility index (Phi) is 4.20. The predicted octanol–water partition coefficient (Wildman–Crippen LogP) is 0.989. The molecule has 7 nitrogen and oxygen atoms in total. The number of piperidine rings is 1. The van der Waals surface area contributed by atoms with Crippen LogP contribution in [0, 0.1) is 0 Å². The van der Waals surface area contributed by atoms with E-state index in [2.05, 4.69) is 10.9 Å². The van der Waals surface area contributed by atoms with Crippen LogP contribution in [0.15, 0.2) is 30.5 Å². The van der Waals surface area contributed by atoms with Gasteiger partial charge < -0.3 is 14.6 Å². The Labute approximate surface area is 133 Å². The number of likely N-dealkylation sites (tertiary alicyclic amines) is 1. The number of β-amino-alcohol motifs (C(OH)–C–C–N with tert-alkyl or cyclic N) is 1. The zero-order chi connectivity index (χ0) is 16.4. The number of fused-ring (bicyclic) bond motifs is 1. The first-order valence-electron chi connectivity index (χ1n) is 7.63. The molecule has 1 aliphatic heterocycles. The van der Waals surface area contributed by atoms with Crippen molar-refractivity contribution in [2.24, 2.45) is 7.05 Å². The number of aryl methyl sites for hydroxylation is 1. The van der Waals surface area contributed by atoms with E-state index in [1.807, 2.05) is 35.9 Å². The van der Waals surface area contributed by atoms with Crippen LogP contribution in [-0.2, 0) is 7.05 Å². The first-order chi connectivity index (χ1) is 11.1. The van der Waals surface area contributed by atoms with Gasteiger partial charge in [0.05, 0.1) is 11.7 Å². The normalized spacial score (nSPS) is 18.0. The summed E-state index contributed by atoms with van der Waals surface area (Å²) in [6.07, 6.45) is 2.69. The lowest BCUT2D eigenvalue weighted by atomic mass is 10.1. The molecule has 1 fully saturated rings. The number of hydrogen-bond donors (Lipinski definition) is 3. The smallest absolute Gasteiger partial charge is 0.336 e. The molecule has 1 aliphatic rings. The van der Waals surface area contributed by atoms with Crippen molar-refractivity contribution in [1.82, 2.24) is 20.3 Å². The summed E-state index contributed by atoms with van der Waals surface area (Å²) >= 11 is 0. The summed E-state index contributed by atoms with van der Waals surface area (Å²) in [6, 6.07) is 7.17. The van der Waals surface area contributed by atoms with Gasteiger partial charge in [-0.15, -0.1) is 0 Å². The van der Waals surface area contributed by atoms with Crippen LogP contribution in [0.4, 0.5) is 4.79 Å². The standard InChI is InChI=1S/C16H20N4O3/c1-19-10-13(12-6-2-3-7-14(12)19)15(22)17-18-16(23)20-8-4-5-11(21)9-20/h2-3,6-7,10-11,21H,4-5,8-9H2,1H3,(H,17,22)(H,18,23)/t11-/m1/s1. The quantitative estimate of drug-likeness (QED) is 0.686. The number of hydrazine groups is 1. The van der Waals surface area contributed by atoms with Gasteiger partial charge in [0.25, 0.3) is 5.91 Å². The highest BCUT2D eigenvalue weighted by Crippen LogP contribution is 2.19. The maximum Gasteiger partial charge on any atom is 0.336 e. The Balaban J connectivity index is 1.66. The number of aliphatic hydroxyl groups is 1. The van der Waals surface area contributed by atoms with Gasteiger partial charge in [-0.1, -0.05) is 18.2 Å². The van der Waals surface area contributed by atoms with Gasteiger partial charge in [-0.2, -0.15) is 0 Å². The lowest BCUT2D eigenvalue weighted by Crippen LogP contribution is -2.52. The van der Waals surface area contributed by atoms with Crippen molar-refractivity contribution in [2.45, 2.75) is 18.9 Å². The number of hydrogen-bond acceptors (Lipinski definition) is 3. The van der Waals surface area contributed by atoms with Crippen molar-refractivity contribution in [3.8, 4) is 0 Å². The van der Waals surface area contributed by atoms with E-state index in [1.165, 1.54) is 4.90 Å². The van der Waals surface area contributed by atoms with E-state index in [9.17, 15) is 14.7 Å². The molecule has 1 atom stereocenters. The molecule has 0 aliphatic carbocycles. The molecule has 0 bridgehead atoms. The molecule has 0 saturated carbocycles. The maximum absolute atomic E-state index is 12.3. The lowest BCUT2D eigenvalue weighted by molar-refractivity contribution is 0.0803. The van der Waals surface area contributed by atoms with Crippen LogP contribution in [0.3, 0.4) is 0 Å². The molecule has 1 aromatic carbocycles. The number of amides is 3. The molecule has 1 saturated heterocycles. The molecule has 3 amide bonds. The topological polar surface area (TPSA) is 86.6 Å². The second-order valence-electron chi connectivity index (χ2n) is 5.80. The van der Waals surface area contributed by atoms with E-state index >= 15 is 0 Å². The lowest BCUT2D eigenvalue weighted by Gasteiger charge is -2.29. The number of benzene rings is 1. The Morgan fingerprint density at radius 2 is 2.04 bits per heavy atom. The number of nitrogens with zero attached hydrogens (tertiary/aromatic N) is 2. The zero-order valence-electron chi connectivity index (χ0n) is 13.0. The van der Waals surface area contributed by atoms with E-state index < -0.39 is 12.1 Å². The van der Waals surface area contributed by atoms with Crippen molar-refractivity contribution in [3.05, 3.63) is 36.0 Å². The summed E-state index contributed by atoms with van der Waals surface area (Å²) in [4.78, 5) is 25.8. The number of rotatable bonds is 1. The Hall–Kier alpha value is -2.54. The molecule has 0 radical (unpaired) electrons. The van der Waals surface area contributed by atoms with E-state index in [0.29, 0.717) is 18.5 Å². The fraction of sp³-hybridized carbons (Fsp3) is 0.375. The van der Waals surface area contributed by atoms with Gasteiger partial charge >= 0.3 is 6.03 Å². The summed E-state index contributed by atoms with van der Waals surface area (Å²) in [6.45, 7) is 0.864. The number of aliphatic hydroxyl groups excluding tert-OH is 1. The van der Waals surface area contributed by atoms with Crippen LogP contribution in [0.2, 0.25) is 0 Å². The first-order valence-corrected chi connectivity index (χ1v) is 7.63. The average Bonchev–Trinajstić information content (AvgIpc) is 2.90. The molecule has 2 aromatic rings. The van der Waals surface area contributed by atoms with Crippen molar-refractivity contribution in [3.63, 3.8) is 0 Å². The predicted molar refractivity (Wildman–Crippen MR) is 85.7 cm³/mol. The van der Waals surface area contributed by atoms with Crippen LogP contribution in [0.25, 0.3) is 10.9 Å². The third-order valence-electron chi connectivity index (χ3n) is 4.11. The molecular formula is C16H20N4O3. The number of para-hydroxylation sites is 1. The largest absolute Gasteiger partial charge is 0.391 e. The molecule has 0 unspecified atom stereocenters. The Morgan fingerprint density at radius 1 is 1.26 bits per heavy atom. The van der Waals surface area contributed by atoms with Crippen LogP contribution in [-0.4, -0.2) is 45.7 Å². The summed E-state index contributed by atoms with van der Waals surface area (Å²) in [7, 11) is 1.87. The van der Waals surface area contributed by atoms with Gasteiger partial charge in [0.1, 0.15) is 0 Å². The fourth-order valence-corrected chi connectivity index (χ4v) is 2.92. The monoisotopic (exact) mass is 316 g/mol. The molecule has 2 heterocycles. The molecule has 23 heavy (non-hydrogen) atoms. The summed E-state index contributed by atoms with van der Waals surface area (Å²) < 4.78 is 1.87. The van der Waals surface area contributed by atoms with Crippen molar-refractivity contribution >= 4 is 22.8 Å². The van der Waals surface area contributed by atoms with Gasteiger partial charge in [0.2, 0.25) is 0 Å². The zero-order valence-corrected chi connectivity index (χ0v) is 13.0. The van der Waals surface area contributed by atoms with Gasteiger partial charge in [-0.05, 0) is 18.9 Å². The third kappa shape index (κ3) is 3.14. The third-order valence-corrected chi connectivity index (χ3v) is 4.11. The number of aromatic nitrogens is 1. The minimum Gasteiger partial charge on any atom is -0.391 e. The highest BCUT2D eigenvalue weighted by molar-refractivity contribution is 6.07. The molecule has 122 valence electrons. The van der Waals surface area contributed by atoms with Gasteiger partial charge in [0, 0.05) is 37.2 Å². The maximum atomic E-state index is 12.3. The second-order valence-corrected chi connectivity index (χ2v) is 5.80. The van der Waals surface area contributed by atoms with E-state index in [-0.39, 0.29) is 12.5 Å². The average molecular weight is 316 g/mol. The molecule has 3 N–H and O–H groups in total. The molecule has 7 heteroatoms. The highest BCUT2D eigenvalue weighted by atomic mass is 16.3. The summed E-state index contributed by atoms with van der Waals surface area (Å²) in [5.41, 5.74) is 6.30. The Morgan fingerprint density at radius 3 is 2.83 bits per heavy atom. The van der Waals surface area contributed by atoms with Crippen molar-refractivity contribution in [2.75, 3.05) is 13.1 Å². The van der Waals surface area contributed by atoms with Crippen molar-refractivity contribution in [1.29, 1.82) is 0 Å². The highest BCUT2D eigenvalue weighted by Gasteiger charge is 2.22. The summed E-state index contributed by atoms with van der Waals surface area (Å²) in [5.74, 6) is -0.368. The van der Waals surface area contributed by atoms with Crippen LogP contribution >= 0.6 is 0 Å².